The lowest BCUT2D eigenvalue weighted by atomic mass is 9.99. The second kappa shape index (κ2) is 13.0. The van der Waals surface area contributed by atoms with Crippen molar-refractivity contribution in [3.05, 3.63) is 71.8 Å². The number of carbonyl (C=O) groups excluding carboxylic acids is 2. The lowest BCUT2D eigenvalue weighted by Crippen LogP contribution is -2.30. The van der Waals surface area contributed by atoms with E-state index in [1.54, 1.807) is 14.2 Å². The molecule has 2 aromatic carbocycles. The molecule has 8 nitrogen and oxygen atoms in total. The van der Waals surface area contributed by atoms with Crippen LogP contribution in [0.15, 0.2) is 70.9 Å². The molecule has 2 atom stereocenters. The monoisotopic (exact) mass is 488 g/mol. The third-order valence-corrected chi connectivity index (χ3v) is 5.72. The van der Waals surface area contributed by atoms with Crippen molar-refractivity contribution < 1.29 is 19.1 Å². The first-order valence-corrected chi connectivity index (χ1v) is 11.7. The third kappa shape index (κ3) is 7.94. The number of amides is 2. The number of rotatable bonds is 6. The molecule has 0 aromatic heterocycles. The first-order valence-electron chi connectivity index (χ1n) is 11.7. The zero-order chi connectivity index (χ0) is 25.9. The van der Waals surface area contributed by atoms with Gasteiger partial charge in [0.15, 0.2) is 0 Å². The Morgan fingerprint density at radius 2 is 1.25 bits per heavy atom. The van der Waals surface area contributed by atoms with Gasteiger partial charge in [-0.2, -0.15) is 10.2 Å². The number of hydrogen-bond donors (Lipinski definition) is 2. The average Bonchev–Trinajstić information content (AvgIpc) is 2.88. The van der Waals surface area contributed by atoms with Crippen LogP contribution >= 0.6 is 0 Å². The minimum Gasteiger partial charge on any atom is -0.497 e. The Morgan fingerprint density at radius 3 is 1.75 bits per heavy atom. The van der Waals surface area contributed by atoms with Crippen LogP contribution < -0.4 is 20.3 Å². The van der Waals surface area contributed by atoms with Gasteiger partial charge >= 0.3 is 0 Å². The first-order chi connectivity index (χ1) is 17.4. The number of hydrazone groups is 2. The molecule has 36 heavy (non-hydrogen) atoms. The molecule has 2 amide bonds. The topological polar surface area (TPSA) is 101 Å². The molecule has 0 fully saturated rings. The molecule has 2 aliphatic rings. The highest BCUT2D eigenvalue weighted by Gasteiger charge is 2.18. The van der Waals surface area contributed by atoms with Crippen LogP contribution in [0.5, 0.6) is 11.5 Å². The lowest BCUT2D eigenvalue weighted by Gasteiger charge is -2.16. The molecule has 2 unspecified atom stereocenters. The minimum absolute atomic E-state index is 0.0240. The van der Waals surface area contributed by atoms with Gasteiger partial charge in [0.05, 0.1) is 25.6 Å². The van der Waals surface area contributed by atoms with Crippen LogP contribution in [0.1, 0.15) is 37.8 Å². The molecule has 0 aliphatic carbocycles. The fraction of sp³-hybridized carbons (Fsp3) is 0.286. The van der Waals surface area contributed by atoms with E-state index in [0.717, 1.165) is 34.0 Å². The molecular weight excluding hydrogens is 456 g/mol. The van der Waals surface area contributed by atoms with Gasteiger partial charge < -0.3 is 9.47 Å². The third-order valence-electron chi connectivity index (χ3n) is 5.72. The number of nitrogens with zero attached hydrogens (tertiary/aromatic N) is 2. The molecular formula is C28H32N4O4. The Hall–Kier alpha value is -4.20. The van der Waals surface area contributed by atoms with Crippen molar-refractivity contribution in [1.82, 2.24) is 10.9 Å². The number of allylic oxidation sites excluding steroid dienone is 2. The second-order valence-corrected chi connectivity index (χ2v) is 8.57. The van der Waals surface area contributed by atoms with Gasteiger partial charge in [-0.25, -0.2) is 10.9 Å². The standard InChI is InChI=1S/2C14H16N2O2/c1-10-9-14(17)16-15-13(10)8-5-11-3-6-12(18-2)7-4-11;1-10-8-14(17)16-15-13(10)7-6-11-4-3-5-12(9-11)18-2/h3-8,10H,9H2,1-2H3,(H,16,17);3-7,9-10H,8H2,1-2H3,(H,16,17). The van der Waals surface area contributed by atoms with Gasteiger partial charge in [0.2, 0.25) is 11.8 Å². The SMILES string of the molecule is COc1ccc(C=CC2=NNC(=O)CC2C)cc1.COc1cccc(C=CC2=NNC(=O)CC2C)c1. The highest BCUT2D eigenvalue weighted by molar-refractivity contribution is 6.04. The van der Waals surface area contributed by atoms with E-state index in [0.29, 0.717) is 12.8 Å². The zero-order valence-corrected chi connectivity index (χ0v) is 21.0. The number of carbonyl (C=O) groups is 2. The van der Waals surface area contributed by atoms with Gasteiger partial charge in [-0.05, 0) is 47.5 Å². The van der Waals surface area contributed by atoms with Crippen LogP contribution in [-0.4, -0.2) is 37.5 Å². The van der Waals surface area contributed by atoms with Crippen molar-refractivity contribution >= 4 is 35.4 Å². The molecule has 2 N–H and O–H groups in total. The van der Waals surface area contributed by atoms with Gasteiger partial charge in [-0.3, -0.25) is 9.59 Å². The molecule has 4 rings (SSSR count). The van der Waals surface area contributed by atoms with E-state index in [1.807, 2.05) is 86.7 Å². The van der Waals surface area contributed by atoms with E-state index in [2.05, 4.69) is 21.1 Å². The fourth-order valence-electron chi connectivity index (χ4n) is 3.56. The Labute approximate surface area is 211 Å². The maximum Gasteiger partial charge on any atom is 0.240 e. The highest BCUT2D eigenvalue weighted by Crippen LogP contribution is 2.16. The highest BCUT2D eigenvalue weighted by atomic mass is 16.5. The zero-order valence-electron chi connectivity index (χ0n) is 21.0. The van der Waals surface area contributed by atoms with E-state index in [4.69, 9.17) is 9.47 Å². The van der Waals surface area contributed by atoms with E-state index in [9.17, 15) is 9.59 Å². The molecule has 0 saturated heterocycles. The van der Waals surface area contributed by atoms with Gasteiger partial charge in [0.25, 0.3) is 0 Å². The Balaban J connectivity index is 0.000000201. The van der Waals surface area contributed by atoms with Crippen LogP contribution in [0, 0.1) is 11.8 Å². The molecule has 2 aliphatic heterocycles. The number of nitrogens with one attached hydrogen (secondary N) is 2. The van der Waals surface area contributed by atoms with Gasteiger partial charge in [-0.15, -0.1) is 0 Å². The van der Waals surface area contributed by atoms with Crippen molar-refractivity contribution in [3.8, 4) is 11.5 Å². The number of methoxy groups -OCH3 is 2. The smallest absolute Gasteiger partial charge is 0.240 e. The van der Waals surface area contributed by atoms with Crippen molar-refractivity contribution in [3.63, 3.8) is 0 Å². The van der Waals surface area contributed by atoms with E-state index < -0.39 is 0 Å². The summed E-state index contributed by atoms with van der Waals surface area (Å²) in [7, 11) is 3.29. The molecule has 2 heterocycles. The van der Waals surface area contributed by atoms with Crippen LogP contribution in [-0.2, 0) is 9.59 Å². The van der Waals surface area contributed by atoms with Crippen molar-refractivity contribution in [2.45, 2.75) is 26.7 Å². The normalized spacial score (nSPS) is 19.6. The Bertz CT molecular complexity index is 1180. The minimum atomic E-state index is -0.0268. The molecule has 8 heteroatoms. The summed E-state index contributed by atoms with van der Waals surface area (Å²) in [4.78, 5) is 22.2. The summed E-state index contributed by atoms with van der Waals surface area (Å²) >= 11 is 0. The maximum absolute atomic E-state index is 11.1. The predicted molar refractivity (Wildman–Crippen MR) is 143 cm³/mol. The van der Waals surface area contributed by atoms with Crippen LogP contribution in [0.25, 0.3) is 12.2 Å². The van der Waals surface area contributed by atoms with Crippen LogP contribution in [0.2, 0.25) is 0 Å². The summed E-state index contributed by atoms with van der Waals surface area (Å²) in [5.74, 6) is 1.92. The first kappa shape index (κ1) is 26.4. The summed E-state index contributed by atoms with van der Waals surface area (Å²) in [6.45, 7) is 3.99. The number of ether oxygens (including phenoxy) is 2. The van der Waals surface area contributed by atoms with Gasteiger partial charge in [-0.1, -0.05) is 50.3 Å². The van der Waals surface area contributed by atoms with Crippen molar-refractivity contribution in [1.29, 1.82) is 0 Å². The van der Waals surface area contributed by atoms with Gasteiger partial charge in [0, 0.05) is 24.7 Å². The summed E-state index contributed by atoms with van der Waals surface area (Å²) < 4.78 is 10.3. The summed E-state index contributed by atoms with van der Waals surface area (Å²) in [5.41, 5.74) is 8.88. The molecule has 0 saturated carbocycles. The van der Waals surface area contributed by atoms with Crippen LogP contribution in [0.4, 0.5) is 0 Å². The van der Waals surface area contributed by atoms with E-state index in [-0.39, 0.29) is 23.7 Å². The molecule has 188 valence electrons. The maximum atomic E-state index is 11.1. The average molecular weight is 489 g/mol. The summed E-state index contributed by atoms with van der Waals surface area (Å²) in [6.07, 6.45) is 8.79. The van der Waals surface area contributed by atoms with E-state index in [1.165, 1.54) is 0 Å². The van der Waals surface area contributed by atoms with Gasteiger partial charge in [0.1, 0.15) is 11.5 Å². The molecule has 0 spiro atoms. The summed E-state index contributed by atoms with van der Waals surface area (Å²) in [5, 5.41) is 8.09. The predicted octanol–water partition coefficient (Wildman–Crippen LogP) is 4.44. The lowest BCUT2D eigenvalue weighted by molar-refractivity contribution is -0.122. The quantitative estimate of drug-likeness (QED) is 0.628. The van der Waals surface area contributed by atoms with Crippen LogP contribution in [0.3, 0.4) is 0 Å². The fourth-order valence-corrected chi connectivity index (χ4v) is 3.56. The largest absolute Gasteiger partial charge is 0.497 e. The van der Waals surface area contributed by atoms with Crippen molar-refractivity contribution in [2.75, 3.05) is 14.2 Å². The Morgan fingerprint density at radius 1 is 0.722 bits per heavy atom. The number of hydrogen-bond acceptors (Lipinski definition) is 6. The second-order valence-electron chi connectivity index (χ2n) is 8.57. The van der Waals surface area contributed by atoms with Crippen molar-refractivity contribution in [2.24, 2.45) is 22.0 Å². The number of benzene rings is 2. The molecule has 2 aromatic rings. The summed E-state index contributed by atoms with van der Waals surface area (Å²) in [6, 6.07) is 15.5. The molecule has 0 bridgehead atoms. The van der Waals surface area contributed by atoms with E-state index >= 15 is 0 Å². The Kier molecular flexibility index (Phi) is 9.56. The molecule has 0 radical (unpaired) electrons.